The Morgan fingerprint density at radius 2 is 1.76 bits per heavy atom. The minimum absolute atomic E-state index is 0.0555. The van der Waals surface area contributed by atoms with Crippen molar-refractivity contribution in [1.82, 2.24) is 19.9 Å². The molecule has 4 N–H and O–H groups in total. The maximum atomic E-state index is 11.1. The van der Waals surface area contributed by atoms with E-state index in [-0.39, 0.29) is 12.4 Å². The standard InChI is InChI=1S/C26H36N6O2/c33-17-22(34)12-8-3-1-2-5-9-19-13-15-21(16-14-19)30-26-31-24-23(27-18-28-24)25(32-26)29-20-10-6-4-7-11-20/h13-16,18,20,33H,1-12,17H2,(H3,27,28,29,30,31,32). The summed E-state index contributed by atoms with van der Waals surface area (Å²) in [7, 11) is 0. The first-order chi connectivity index (χ1) is 16.7. The summed E-state index contributed by atoms with van der Waals surface area (Å²) in [4.78, 5) is 27.9. The van der Waals surface area contributed by atoms with Crippen molar-refractivity contribution in [1.29, 1.82) is 0 Å². The minimum Gasteiger partial charge on any atom is -0.389 e. The van der Waals surface area contributed by atoms with Gasteiger partial charge in [0.1, 0.15) is 12.1 Å². The molecule has 0 aliphatic heterocycles. The van der Waals surface area contributed by atoms with E-state index in [0.717, 1.165) is 55.5 Å². The highest BCUT2D eigenvalue weighted by molar-refractivity contribution is 5.84. The van der Waals surface area contributed by atoms with E-state index in [1.165, 1.54) is 37.7 Å². The molecule has 2 aromatic heterocycles. The number of hydrogen-bond acceptors (Lipinski definition) is 7. The van der Waals surface area contributed by atoms with E-state index >= 15 is 0 Å². The van der Waals surface area contributed by atoms with Gasteiger partial charge in [-0.25, -0.2) is 4.98 Å². The molecule has 34 heavy (non-hydrogen) atoms. The number of ketones is 1. The normalized spacial score (nSPS) is 14.4. The Morgan fingerprint density at radius 3 is 2.56 bits per heavy atom. The molecular weight excluding hydrogens is 428 g/mol. The number of carbonyl (C=O) groups is 1. The fourth-order valence-corrected chi connectivity index (χ4v) is 4.58. The predicted molar refractivity (Wildman–Crippen MR) is 135 cm³/mol. The molecule has 1 saturated carbocycles. The van der Waals surface area contributed by atoms with Gasteiger partial charge in [0, 0.05) is 18.2 Å². The molecular formula is C26H36N6O2. The van der Waals surface area contributed by atoms with Crippen LogP contribution in [0.15, 0.2) is 30.6 Å². The van der Waals surface area contributed by atoms with Crippen LogP contribution in [-0.4, -0.2) is 43.5 Å². The van der Waals surface area contributed by atoms with Crippen molar-refractivity contribution in [2.75, 3.05) is 17.2 Å². The quantitative estimate of drug-likeness (QED) is 0.254. The van der Waals surface area contributed by atoms with Crippen molar-refractivity contribution >= 4 is 34.4 Å². The van der Waals surface area contributed by atoms with Gasteiger partial charge in [0.15, 0.2) is 17.2 Å². The number of anilines is 3. The molecule has 0 bridgehead atoms. The van der Waals surface area contributed by atoms with Crippen molar-refractivity contribution in [3.8, 4) is 0 Å². The van der Waals surface area contributed by atoms with Crippen LogP contribution in [0.2, 0.25) is 0 Å². The number of aliphatic hydroxyl groups is 1. The van der Waals surface area contributed by atoms with Gasteiger partial charge in [-0.15, -0.1) is 0 Å². The van der Waals surface area contributed by atoms with Crippen molar-refractivity contribution in [3.63, 3.8) is 0 Å². The molecule has 0 amide bonds. The second-order valence-corrected chi connectivity index (χ2v) is 9.26. The molecule has 8 heteroatoms. The molecule has 0 radical (unpaired) electrons. The molecule has 0 unspecified atom stereocenters. The third kappa shape index (κ3) is 7.00. The summed E-state index contributed by atoms with van der Waals surface area (Å²) in [5.41, 5.74) is 3.78. The van der Waals surface area contributed by atoms with E-state index in [0.29, 0.717) is 24.1 Å². The SMILES string of the molecule is O=C(CO)CCCCCCCc1ccc(Nc2nc(NC3CCCCC3)c3[nH]cnc3n2)cc1. The largest absolute Gasteiger partial charge is 0.389 e. The first-order valence-electron chi connectivity index (χ1n) is 12.7. The predicted octanol–water partition coefficient (Wildman–Crippen LogP) is 5.29. The highest BCUT2D eigenvalue weighted by Crippen LogP contribution is 2.26. The number of aliphatic hydroxyl groups excluding tert-OH is 1. The number of unbranched alkanes of at least 4 members (excludes halogenated alkanes) is 4. The summed E-state index contributed by atoms with van der Waals surface area (Å²) in [6, 6.07) is 8.89. The molecule has 1 aromatic carbocycles. The lowest BCUT2D eigenvalue weighted by Gasteiger charge is -2.23. The number of aromatic nitrogens is 4. The van der Waals surface area contributed by atoms with Crippen LogP contribution >= 0.6 is 0 Å². The summed E-state index contributed by atoms with van der Waals surface area (Å²) < 4.78 is 0. The molecule has 0 spiro atoms. The van der Waals surface area contributed by atoms with E-state index < -0.39 is 0 Å². The molecule has 1 aliphatic carbocycles. The summed E-state index contributed by atoms with van der Waals surface area (Å²) in [6.07, 6.45) is 14.7. The minimum atomic E-state index is -0.326. The van der Waals surface area contributed by atoms with Gasteiger partial charge in [0.25, 0.3) is 0 Å². The summed E-state index contributed by atoms with van der Waals surface area (Å²) in [6.45, 7) is -0.326. The average Bonchev–Trinajstić information content (AvgIpc) is 3.34. The summed E-state index contributed by atoms with van der Waals surface area (Å²) in [5.74, 6) is 1.31. The van der Waals surface area contributed by atoms with Crippen LogP contribution < -0.4 is 10.6 Å². The monoisotopic (exact) mass is 464 g/mol. The second kappa shape index (κ2) is 12.5. The Morgan fingerprint density at radius 1 is 1.00 bits per heavy atom. The lowest BCUT2D eigenvalue weighted by Crippen LogP contribution is -2.23. The summed E-state index contributed by atoms with van der Waals surface area (Å²) in [5, 5.41) is 15.7. The van der Waals surface area contributed by atoms with Crippen molar-refractivity contribution < 1.29 is 9.90 Å². The number of carbonyl (C=O) groups excluding carboxylic acids is 1. The zero-order valence-corrected chi connectivity index (χ0v) is 19.9. The molecule has 182 valence electrons. The molecule has 4 rings (SSSR count). The van der Waals surface area contributed by atoms with E-state index in [4.69, 9.17) is 10.1 Å². The van der Waals surface area contributed by atoms with Gasteiger partial charge in [0.2, 0.25) is 5.95 Å². The number of Topliss-reactive ketones (excluding diaryl/α,β-unsaturated/α-hetero) is 1. The Hall–Kier alpha value is -3.00. The van der Waals surface area contributed by atoms with E-state index in [9.17, 15) is 4.79 Å². The number of benzene rings is 1. The Balaban J connectivity index is 1.27. The molecule has 0 atom stereocenters. The number of nitrogens with zero attached hydrogens (tertiary/aromatic N) is 3. The maximum Gasteiger partial charge on any atom is 0.231 e. The van der Waals surface area contributed by atoms with Gasteiger partial charge in [-0.2, -0.15) is 9.97 Å². The highest BCUT2D eigenvalue weighted by atomic mass is 16.3. The average molecular weight is 465 g/mol. The van der Waals surface area contributed by atoms with Crippen LogP contribution in [0.1, 0.15) is 76.2 Å². The third-order valence-corrected chi connectivity index (χ3v) is 6.54. The Bertz CT molecular complexity index is 1040. The van der Waals surface area contributed by atoms with Crippen molar-refractivity contribution in [2.24, 2.45) is 0 Å². The van der Waals surface area contributed by atoms with E-state index in [2.05, 4.69) is 49.9 Å². The molecule has 1 fully saturated rings. The molecule has 0 saturated heterocycles. The fourth-order valence-electron chi connectivity index (χ4n) is 4.58. The zero-order valence-electron chi connectivity index (χ0n) is 19.9. The fraction of sp³-hybridized carbons (Fsp3) is 0.538. The number of fused-ring (bicyclic) bond motifs is 1. The number of rotatable bonds is 13. The van der Waals surface area contributed by atoms with Crippen LogP contribution in [0.5, 0.6) is 0 Å². The Kier molecular flexibility index (Phi) is 8.84. The van der Waals surface area contributed by atoms with Gasteiger partial charge < -0.3 is 20.7 Å². The first-order valence-corrected chi connectivity index (χ1v) is 12.7. The van der Waals surface area contributed by atoms with E-state index in [1.54, 1.807) is 6.33 Å². The number of aryl methyl sites for hydroxylation is 1. The number of aromatic amines is 1. The van der Waals surface area contributed by atoms with Crippen LogP contribution in [0, 0.1) is 0 Å². The third-order valence-electron chi connectivity index (χ3n) is 6.54. The topological polar surface area (TPSA) is 116 Å². The van der Waals surface area contributed by atoms with Gasteiger partial charge in [-0.3, -0.25) is 4.79 Å². The number of hydrogen-bond donors (Lipinski definition) is 4. The highest BCUT2D eigenvalue weighted by Gasteiger charge is 2.17. The van der Waals surface area contributed by atoms with Gasteiger partial charge in [-0.1, -0.05) is 50.7 Å². The van der Waals surface area contributed by atoms with Gasteiger partial charge in [0.05, 0.1) is 6.33 Å². The summed E-state index contributed by atoms with van der Waals surface area (Å²) >= 11 is 0. The lowest BCUT2D eigenvalue weighted by molar-refractivity contribution is -0.121. The van der Waals surface area contributed by atoms with Gasteiger partial charge in [-0.05, 0) is 49.8 Å². The van der Waals surface area contributed by atoms with Crippen LogP contribution in [-0.2, 0) is 11.2 Å². The smallest absolute Gasteiger partial charge is 0.231 e. The van der Waals surface area contributed by atoms with Gasteiger partial charge >= 0.3 is 0 Å². The molecule has 3 aromatic rings. The zero-order chi connectivity index (χ0) is 23.6. The van der Waals surface area contributed by atoms with Crippen molar-refractivity contribution in [2.45, 2.75) is 83.1 Å². The van der Waals surface area contributed by atoms with E-state index in [1.807, 2.05) is 0 Å². The van der Waals surface area contributed by atoms with Crippen LogP contribution in [0.3, 0.4) is 0 Å². The Labute approximate surface area is 201 Å². The number of H-pyrrole nitrogens is 1. The molecule has 8 nitrogen and oxygen atoms in total. The number of nitrogens with one attached hydrogen (secondary N) is 3. The van der Waals surface area contributed by atoms with Crippen LogP contribution in [0.4, 0.5) is 17.5 Å². The van der Waals surface area contributed by atoms with Crippen molar-refractivity contribution in [3.05, 3.63) is 36.2 Å². The lowest BCUT2D eigenvalue weighted by atomic mass is 9.95. The van der Waals surface area contributed by atoms with Crippen LogP contribution in [0.25, 0.3) is 11.2 Å². The molecule has 1 aliphatic rings. The maximum absolute atomic E-state index is 11.1. The molecule has 2 heterocycles. The second-order valence-electron chi connectivity index (χ2n) is 9.26. The number of imidazole rings is 1. The first kappa shape index (κ1) is 24.1.